The number of nitrogens with one attached hydrogen (secondary N) is 2. The van der Waals surface area contributed by atoms with Gasteiger partial charge in [0.15, 0.2) is 0 Å². The van der Waals surface area contributed by atoms with E-state index < -0.39 is 36.2 Å². The summed E-state index contributed by atoms with van der Waals surface area (Å²) >= 11 is 3.04. The molecule has 0 bridgehead atoms. The molecule has 0 spiro atoms. The van der Waals surface area contributed by atoms with E-state index in [1.165, 1.54) is 12.1 Å². The molecule has 20 heavy (non-hydrogen) atoms. The number of hydrogen-bond acceptors (Lipinski definition) is 3. The van der Waals surface area contributed by atoms with E-state index in [-0.39, 0.29) is 10.2 Å². The lowest BCUT2D eigenvalue weighted by molar-refractivity contribution is -0.140. The first-order chi connectivity index (χ1) is 9.31. The molecule has 0 heterocycles. The molecule has 5 N–H and O–H groups in total. The van der Waals surface area contributed by atoms with Crippen molar-refractivity contribution in [3.05, 3.63) is 28.5 Å². The van der Waals surface area contributed by atoms with Crippen LogP contribution in [0.25, 0.3) is 0 Å². The van der Waals surface area contributed by atoms with Crippen molar-refractivity contribution in [3.8, 4) is 0 Å². The minimum absolute atomic E-state index is 0.145. The summed E-state index contributed by atoms with van der Waals surface area (Å²) in [5, 5.41) is 13.0. The second kappa shape index (κ2) is 6.85. The standard InChI is InChI=1S/C11H11BrFN3O4/c12-5-2-1-3-6(13)9(5)16-11(20)15-7(10(18)19)4-8(14)17/h1-3,7H,4H2,(H2,14,17)(H,18,19)(H2,15,16,20)/t7-/m1/s1. The van der Waals surface area contributed by atoms with Crippen molar-refractivity contribution in [1.29, 1.82) is 0 Å². The Labute approximate surface area is 121 Å². The monoisotopic (exact) mass is 347 g/mol. The predicted octanol–water partition coefficient (Wildman–Crippen LogP) is 1.04. The van der Waals surface area contributed by atoms with Crippen LogP contribution in [0.2, 0.25) is 0 Å². The minimum atomic E-state index is -1.49. The Balaban J connectivity index is 2.76. The third kappa shape index (κ3) is 4.50. The number of halogens is 2. The summed E-state index contributed by atoms with van der Waals surface area (Å²) in [5.41, 5.74) is 4.72. The van der Waals surface area contributed by atoms with E-state index in [4.69, 9.17) is 10.8 Å². The van der Waals surface area contributed by atoms with Gasteiger partial charge in [-0.1, -0.05) is 6.07 Å². The van der Waals surface area contributed by atoms with Crippen molar-refractivity contribution < 1.29 is 23.9 Å². The van der Waals surface area contributed by atoms with Gasteiger partial charge in [0.2, 0.25) is 5.91 Å². The first-order valence-corrected chi connectivity index (χ1v) is 6.13. The third-order valence-corrected chi connectivity index (χ3v) is 2.87. The summed E-state index contributed by atoms with van der Waals surface area (Å²) < 4.78 is 13.7. The summed E-state index contributed by atoms with van der Waals surface area (Å²) in [7, 11) is 0. The number of hydrogen-bond donors (Lipinski definition) is 4. The van der Waals surface area contributed by atoms with Gasteiger partial charge in [-0.3, -0.25) is 4.79 Å². The van der Waals surface area contributed by atoms with Crippen molar-refractivity contribution in [2.24, 2.45) is 5.73 Å². The molecule has 1 aromatic rings. The molecule has 0 aliphatic carbocycles. The van der Waals surface area contributed by atoms with Gasteiger partial charge < -0.3 is 21.5 Å². The van der Waals surface area contributed by atoms with Gasteiger partial charge in [0, 0.05) is 4.47 Å². The summed E-state index contributed by atoms with van der Waals surface area (Å²) in [6, 6.07) is 1.59. The molecule has 0 aromatic heterocycles. The SMILES string of the molecule is NC(=O)C[C@@H](NC(=O)Nc1c(F)cccc1Br)C(=O)O. The number of benzene rings is 1. The van der Waals surface area contributed by atoms with Crippen LogP contribution in [0.5, 0.6) is 0 Å². The quantitative estimate of drug-likeness (QED) is 0.635. The second-order valence-electron chi connectivity index (χ2n) is 3.76. The molecule has 0 saturated carbocycles. The van der Waals surface area contributed by atoms with Crippen molar-refractivity contribution >= 4 is 39.5 Å². The molecular formula is C11H11BrFN3O4. The molecule has 9 heteroatoms. The number of carboxylic acid groups (broad SMARTS) is 1. The van der Waals surface area contributed by atoms with Gasteiger partial charge in [-0.25, -0.2) is 14.0 Å². The molecule has 7 nitrogen and oxygen atoms in total. The number of para-hydroxylation sites is 1. The Morgan fingerprint density at radius 2 is 2.05 bits per heavy atom. The number of anilines is 1. The fraction of sp³-hybridized carbons (Fsp3) is 0.182. The van der Waals surface area contributed by atoms with Crippen LogP contribution in [0, 0.1) is 5.82 Å². The maximum Gasteiger partial charge on any atom is 0.326 e. The van der Waals surface area contributed by atoms with Gasteiger partial charge in [-0.2, -0.15) is 0 Å². The molecule has 0 unspecified atom stereocenters. The normalized spacial score (nSPS) is 11.5. The molecule has 1 atom stereocenters. The van der Waals surface area contributed by atoms with Crippen molar-refractivity contribution in [3.63, 3.8) is 0 Å². The van der Waals surface area contributed by atoms with E-state index in [0.29, 0.717) is 0 Å². The fourth-order valence-corrected chi connectivity index (χ4v) is 1.77. The van der Waals surface area contributed by atoms with Crippen LogP contribution in [0.1, 0.15) is 6.42 Å². The first kappa shape index (κ1) is 15.9. The largest absolute Gasteiger partial charge is 0.480 e. The number of carbonyl (C=O) groups is 3. The lowest BCUT2D eigenvalue weighted by Gasteiger charge is -2.14. The molecule has 0 radical (unpaired) electrons. The molecule has 0 aliphatic rings. The number of amides is 3. The van der Waals surface area contributed by atoms with Crippen molar-refractivity contribution in [1.82, 2.24) is 5.32 Å². The Bertz CT molecular complexity index is 532. The van der Waals surface area contributed by atoms with E-state index >= 15 is 0 Å². The highest BCUT2D eigenvalue weighted by atomic mass is 79.9. The summed E-state index contributed by atoms with van der Waals surface area (Å²) in [4.78, 5) is 33.1. The van der Waals surface area contributed by atoms with Crippen LogP contribution in [-0.2, 0) is 9.59 Å². The zero-order valence-electron chi connectivity index (χ0n) is 10.0. The summed E-state index contributed by atoms with van der Waals surface area (Å²) in [6.07, 6.45) is -0.568. The highest BCUT2D eigenvalue weighted by molar-refractivity contribution is 9.10. The lowest BCUT2D eigenvalue weighted by Crippen LogP contribution is -2.45. The first-order valence-electron chi connectivity index (χ1n) is 5.34. The third-order valence-electron chi connectivity index (χ3n) is 2.21. The maximum absolute atomic E-state index is 13.5. The Morgan fingerprint density at radius 1 is 1.40 bits per heavy atom. The number of nitrogens with two attached hydrogens (primary N) is 1. The number of carboxylic acids is 1. The highest BCUT2D eigenvalue weighted by Gasteiger charge is 2.22. The smallest absolute Gasteiger partial charge is 0.326 e. The number of aliphatic carboxylic acids is 1. The molecule has 3 amide bonds. The Morgan fingerprint density at radius 3 is 2.55 bits per heavy atom. The van der Waals surface area contributed by atoms with Crippen molar-refractivity contribution in [2.45, 2.75) is 12.5 Å². The average Bonchev–Trinajstić information content (AvgIpc) is 2.32. The van der Waals surface area contributed by atoms with Crippen LogP contribution in [0.4, 0.5) is 14.9 Å². The van der Waals surface area contributed by atoms with E-state index in [0.717, 1.165) is 6.07 Å². The zero-order valence-corrected chi connectivity index (χ0v) is 11.6. The van der Waals surface area contributed by atoms with E-state index in [1.807, 2.05) is 5.32 Å². The van der Waals surface area contributed by atoms with Gasteiger partial charge in [-0.15, -0.1) is 0 Å². The van der Waals surface area contributed by atoms with Gasteiger partial charge in [0.1, 0.15) is 11.9 Å². The average molecular weight is 348 g/mol. The molecule has 1 aromatic carbocycles. The van der Waals surface area contributed by atoms with E-state index in [1.54, 1.807) is 0 Å². The van der Waals surface area contributed by atoms with E-state index in [2.05, 4.69) is 21.2 Å². The van der Waals surface area contributed by atoms with Crippen LogP contribution >= 0.6 is 15.9 Å². The molecule has 0 saturated heterocycles. The molecule has 1 rings (SSSR count). The molecular weight excluding hydrogens is 337 g/mol. The van der Waals surface area contributed by atoms with Crippen LogP contribution < -0.4 is 16.4 Å². The molecule has 0 fully saturated rings. The van der Waals surface area contributed by atoms with Gasteiger partial charge in [0.25, 0.3) is 0 Å². The maximum atomic E-state index is 13.5. The number of primary amides is 1. The zero-order chi connectivity index (χ0) is 15.3. The van der Waals surface area contributed by atoms with E-state index in [9.17, 15) is 18.8 Å². The topological polar surface area (TPSA) is 122 Å². The molecule has 0 aliphatic heterocycles. The minimum Gasteiger partial charge on any atom is -0.480 e. The lowest BCUT2D eigenvalue weighted by atomic mass is 10.2. The number of rotatable bonds is 5. The predicted molar refractivity (Wildman–Crippen MR) is 71.5 cm³/mol. The van der Waals surface area contributed by atoms with Crippen LogP contribution in [-0.4, -0.2) is 29.1 Å². The number of urea groups is 1. The Hall–Kier alpha value is -2.16. The van der Waals surface area contributed by atoms with Gasteiger partial charge in [-0.05, 0) is 28.1 Å². The highest BCUT2D eigenvalue weighted by Crippen LogP contribution is 2.24. The fourth-order valence-electron chi connectivity index (χ4n) is 1.33. The summed E-state index contributed by atoms with van der Waals surface area (Å²) in [6.45, 7) is 0. The van der Waals surface area contributed by atoms with Crippen LogP contribution in [0.15, 0.2) is 22.7 Å². The van der Waals surface area contributed by atoms with Crippen molar-refractivity contribution in [2.75, 3.05) is 5.32 Å². The van der Waals surface area contributed by atoms with Gasteiger partial charge in [0.05, 0.1) is 12.1 Å². The van der Waals surface area contributed by atoms with Crippen LogP contribution in [0.3, 0.4) is 0 Å². The van der Waals surface area contributed by atoms with Gasteiger partial charge >= 0.3 is 12.0 Å². The number of carbonyl (C=O) groups excluding carboxylic acids is 2. The summed E-state index contributed by atoms with van der Waals surface area (Å²) in [5.74, 6) is -3.01. The molecule has 108 valence electrons. The second-order valence-corrected chi connectivity index (χ2v) is 4.61. The Kier molecular flexibility index (Phi) is 5.44.